The first kappa shape index (κ1) is 13.6. The van der Waals surface area contributed by atoms with E-state index in [-0.39, 0.29) is 24.4 Å². The van der Waals surface area contributed by atoms with E-state index in [1.165, 1.54) is 11.0 Å². The van der Waals surface area contributed by atoms with E-state index < -0.39 is 17.8 Å². The van der Waals surface area contributed by atoms with Gasteiger partial charge in [0.05, 0.1) is 11.6 Å². The van der Waals surface area contributed by atoms with E-state index in [0.717, 1.165) is 12.3 Å². The Hall–Kier alpha value is -1.79. The van der Waals surface area contributed by atoms with Crippen molar-refractivity contribution in [1.82, 2.24) is 4.98 Å². The average molecular weight is 274 g/mol. The predicted octanol–water partition coefficient (Wildman–Crippen LogP) is 3.08. The van der Waals surface area contributed by atoms with E-state index in [1.54, 1.807) is 0 Å². The molecule has 7 heteroatoms. The summed E-state index contributed by atoms with van der Waals surface area (Å²) in [6.45, 7) is 4.03. The van der Waals surface area contributed by atoms with Crippen LogP contribution < -0.4 is 4.90 Å². The standard InChI is InChI=1S/C12H13F3N2O2/c1-7(2)9-6-19-11(18)17(9)10-4-3-8(5-16-10)12(13,14)15/h3-5,7,9H,6H2,1-2H3/t9-/m1/s1. The van der Waals surface area contributed by atoms with Gasteiger partial charge in [-0.1, -0.05) is 13.8 Å². The Labute approximate surface area is 108 Å². The minimum absolute atomic E-state index is 0.121. The first-order valence-electron chi connectivity index (χ1n) is 5.80. The van der Waals surface area contributed by atoms with Crippen LogP contribution in [0.5, 0.6) is 0 Å². The summed E-state index contributed by atoms with van der Waals surface area (Å²) in [6, 6.07) is 1.88. The number of rotatable bonds is 2. The highest BCUT2D eigenvalue weighted by Crippen LogP contribution is 2.31. The van der Waals surface area contributed by atoms with Crippen molar-refractivity contribution in [3.63, 3.8) is 0 Å². The molecular weight excluding hydrogens is 261 g/mol. The molecule has 4 nitrogen and oxygen atoms in total. The van der Waals surface area contributed by atoms with Gasteiger partial charge >= 0.3 is 12.3 Å². The molecule has 19 heavy (non-hydrogen) atoms. The Kier molecular flexibility index (Phi) is 3.38. The Morgan fingerprint density at radius 1 is 1.42 bits per heavy atom. The van der Waals surface area contributed by atoms with Crippen LogP contribution in [-0.4, -0.2) is 23.7 Å². The summed E-state index contributed by atoms with van der Waals surface area (Å²) in [4.78, 5) is 16.6. The third-order valence-corrected chi connectivity index (χ3v) is 3.00. The molecule has 0 unspecified atom stereocenters. The molecule has 1 amide bonds. The Morgan fingerprint density at radius 3 is 2.58 bits per heavy atom. The number of nitrogens with zero attached hydrogens (tertiary/aromatic N) is 2. The van der Waals surface area contributed by atoms with Crippen LogP contribution in [0.3, 0.4) is 0 Å². The van der Waals surface area contributed by atoms with Crippen LogP contribution in [0.15, 0.2) is 18.3 Å². The molecule has 0 saturated carbocycles. The SMILES string of the molecule is CC(C)[C@H]1COC(=O)N1c1ccc(C(F)(F)F)cn1. The number of hydrogen-bond acceptors (Lipinski definition) is 3. The number of halogens is 3. The first-order chi connectivity index (χ1) is 8.80. The molecular formula is C12H13F3N2O2. The zero-order valence-electron chi connectivity index (χ0n) is 10.4. The molecule has 1 aliphatic heterocycles. The lowest BCUT2D eigenvalue weighted by atomic mass is 10.0. The van der Waals surface area contributed by atoms with Crippen LogP contribution in [0.25, 0.3) is 0 Å². The predicted molar refractivity (Wildman–Crippen MR) is 61.7 cm³/mol. The summed E-state index contributed by atoms with van der Waals surface area (Å²) >= 11 is 0. The van der Waals surface area contributed by atoms with Gasteiger partial charge in [-0.25, -0.2) is 9.78 Å². The molecule has 104 valence electrons. The molecule has 1 fully saturated rings. The van der Waals surface area contributed by atoms with E-state index in [9.17, 15) is 18.0 Å². The molecule has 0 radical (unpaired) electrons. The van der Waals surface area contributed by atoms with Gasteiger partial charge in [0.25, 0.3) is 0 Å². The van der Waals surface area contributed by atoms with Crippen molar-refractivity contribution in [3.05, 3.63) is 23.9 Å². The number of amides is 1. The summed E-state index contributed by atoms with van der Waals surface area (Å²) in [5.74, 6) is 0.296. The van der Waals surface area contributed by atoms with Crippen LogP contribution in [0.2, 0.25) is 0 Å². The average Bonchev–Trinajstić information content (AvgIpc) is 2.70. The minimum atomic E-state index is -4.44. The van der Waals surface area contributed by atoms with Crippen molar-refractivity contribution in [3.8, 4) is 0 Å². The van der Waals surface area contributed by atoms with Crippen molar-refractivity contribution in [2.24, 2.45) is 5.92 Å². The number of alkyl halides is 3. The number of aromatic nitrogens is 1. The van der Waals surface area contributed by atoms with Crippen LogP contribution in [0.1, 0.15) is 19.4 Å². The molecule has 0 N–H and O–H groups in total. The van der Waals surface area contributed by atoms with Gasteiger partial charge in [0.1, 0.15) is 12.4 Å². The molecule has 0 aromatic carbocycles. The molecule has 1 aromatic heterocycles. The van der Waals surface area contributed by atoms with Gasteiger partial charge in [-0.3, -0.25) is 4.90 Å². The second-order valence-electron chi connectivity index (χ2n) is 4.66. The van der Waals surface area contributed by atoms with Gasteiger partial charge in [-0.05, 0) is 18.1 Å². The van der Waals surface area contributed by atoms with Gasteiger partial charge in [0.2, 0.25) is 0 Å². The third kappa shape index (κ3) is 2.64. The summed E-state index contributed by atoms with van der Waals surface area (Å²) in [6.07, 6.45) is -4.29. The largest absolute Gasteiger partial charge is 0.447 e. The molecule has 2 rings (SSSR count). The number of hydrogen-bond donors (Lipinski definition) is 0. The molecule has 0 spiro atoms. The van der Waals surface area contributed by atoms with Crippen molar-refractivity contribution in [1.29, 1.82) is 0 Å². The van der Waals surface area contributed by atoms with Crippen LogP contribution in [0.4, 0.5) is 23.8 Å². The van der Waals surface area contributed by atoms with E-state index in [0.29, 0.717) is 0 Å². The molecule has 1 atom stereocenters. The fourth-order valence-electron chi connectivity index (χ4n) is 1.89. The third-order valence-electron chi connectivity index (χ3n) is 3.00. The molecule has 1 aromatic rings. The number of ether oxygens (including phenoxy) is 1. The smallest absolute Gasteiger partial charge is 0.417 e. The number of pyridine rings is 1. The zero-order chi connectivity index (χ0) is 14.2. The maximum Gasteiger partial charge on any atom is 0.417 e. The van der Waals surface area contributed by atoms with Crippen LogP contribution in [-0.2, 0) is 10.9 Å². The normalized spacial score (nSPS) is 20.0. The monoisotopic (exact) mass is 274 g/mol. The second kappa shape index (κ2) is 4.71. The van der Waals surface area contributed by atoms with Gasteiger partial charge < -0.3 is 4.74 Å². The summed E-state index contributed by atoms with van der Waals surface area (Å²) < 4.78 is 42.2. The second-order valence-corrected chi connectivity index (χ2v) is 4.66. The fourth-order valence-corrected chi connectivity index (χ4v) is 1.89. The molecule has 0 aliphatic carbocycles. The highest BCUT2D eigenvalue weighted by atomic mass is 19.4. The van der Waals surface area contributed by atoms with E-state index in [1.807, 2.05) is 13.8 Å². The number of carbonyl (C=O) groups excluding carboxylic acids is 1. The van der Waals surface area contributed by atoms with E-state index in [2.05, 4.69) is 4.98 Å². The van der Waals surface area contributed by atoms with Crippen molar-refractivity contribution in [2.45, 2.75) is 26.1 Å². The highest BCUT2D eigenvalue weighted by molar-refractivity contribution is 5.89. The highest BCUT2D eigenvalue weighted by Gasteiger charge is 2.37. The van der Waals surface area contributed by atoms with Crippen molar-refractivity contribution >= 4 is 11.9 Å². The van der Waals surface area contributed by atoms with Crippen molar-refractivity contribution < 1.29 is 22.7 Å². The lowest BCUT2D eigenvalue weighted by molar-refractivity contribution is -0.137. The number of cyclic esters (lactones) is 1. The van der Waals surface area contributed by atoms with Gasteiger partial charge in [0, 0.05) is 6.20 Å². The molecule has 1 aliphatic rings. The van der Waals surface area contributed by atoms with Crippen molar-refractivity contribution in [2.75, 3.05) is 11.5 Å². The maximum absolute atomic E-state index is 12.4. The lowest BCUT2D eigenvalue weighted by Gasteiger charge is -2.23. The molecule has 2 heterocycles. The quantitative estimate of drug-likeness (QED) is 0.832. The van der Waals surface area contributed by atoms with Gasteiger partial charge in [0.15, 0.2) is 0 Å². The molecule has 1 saturated heterocycles. The zero-order valence-corrected chi connectivity index (χ0v) is 10.4. The van der Waals surface area contributed by atoms with Gasteiger partial charge in [-0.2, -0.15) is 13.2 Å². The minimum Gasteiger partial charge on any atom is -0.447 e. The topological polar surface area (TPSA) is 42.4 Å². The Bertz CT molecular complexity index is 471. The number of carbonyl (C=O) groups is 1. The van der Waals surface area contributed by atoms with E-state index in [4.69, 9.17) is 4.74 Å². The molecule has 0 bridgehead atoms. The van der Waals surface area contributed by atoms with Crippen LogP contribution in [0, 0.1) is 5.92 Å². The first-order valence-corrected chi connectivity index (χ1v) is 5.80. The summed E-state index contributed by atoms with van der Waals surface area (Å²) in [5, 5.41) is 0. The fraction of sp³-hybridized carbons (Fsp3) is 0.500. The maximum atomic E-state index is 12.4. The summed E-state index contributed by atoms with van der Waals surface area (Å²) in [7, 11) is 0. The van der Waals surface area contributed by atoms with Crippen LogP contribution >= 0.6 is 0 Å². The lowest BCUT2D eigenvalue weighted by Crippen LogP contribution is -2.37. The summed E-state index contributed by atoms with van der Waals surface area (Å²) in [5.41, 5.74) is -0.843. The van der Waals surface area contributed by atoms with Gasteiger partial charge in [-0.15, -0.1) is 0 Å². The Balaban J connectivity index is 2.28. The van der Waals surface area contributed by atoms with E-state index >= 15 is 0 Å². The Morgan fingerprint density at radius 2 is 2.11 bits per heavy atom. The number of anilines is 1.